The van der Waals surface area contributed by atoms with E-state index >= 15 is 0 Å². The van der Waals surface area contributed by atoms with E-state index in [-0.39, 0.29) is 5.78 Å². The zero-order valence-electron chi connectivity index (χ0n) is 17.3. The standard InChI is InChI=1S/C24H17ClN4O4/c1-33-21-6-5-13(10-19(21)25)28-14-9-17-18(12-27-23(17)26-11-14)22(30)16-3-2-4-20-15(16)7-8-29(20)24(31)32/h2-12,28H,1H3,(H,26,27)(H,31,32). The topological polar surface area (TPSA) is 109 Å². The SMILES string of the molecule is COc1ccc(Nc2cnc3[nH]cc(C(=O)c4cccc5c4ccn5C(=O)O)c3c2)cc1Cl. The van der Waals surface area contributed by atoms with Gasteiger partial charge in [0.25, 0.3) is 0 Å². The minimum Gasteiger partial charge on any atom is -0.495 e. The molecule has 33 heavy (non-hydrogen) atoms. The molecule has 3 N–H and O–H groups in total. The Morgan fingerprint density at radius 3 is 2.70 bits per heavy atom. The number of aromatic nitrogens is 3. The number of hydrogen-bond donors (Lipinski definition) is 3. The van der Waals surface area contributed by atoms with Gasteiger partial charge in [-0.25, -0.2) is 9.78 Å². The van der Waals surface area contributed by atoms with E-state index in [9.17, 15) is 14.7 Å². The van der Waals surface area contributed by atoms with Crippen LogP contribution in [-0.2, 0) is 0 Å². The Bertz CT molecular complexity index is 1550. The second kappa shape index (κ2) is 7.99. The predicted octanol–water partition coefficient (Wildman–Crippen LogP) is 5.68. The average Bonchev–Trinajstić information content (AvgIpc) is 3.43. The molecule has 0 radical (unpaired) electrons. The van der Waals surface area contributed by atoms with Gasteiger partial charge in [0.2, 0.25) is 0 Å². The van der Waals surface area contributed by atoms with E-state index in [1.165, 1.54) is 6.20 Å². The van der Waals surface area contributed by atoms with Crippen LogP contribution in [0.3, 0.4) is 0 Å². The van der Waals surface area contributed by atoms with Gasteiger partial charge in [0.05, 0.1) is 29.5 Å². The zero-order chi connectivity index (χ0) is 23.1. The number of pyridine rings is 1. The molecule has 9 heteroatoms. The molecule has 0 bridgehead atoms. The fourth-order valence-corrected chi connectivity index (χ4v) is 4.11. The highest BCUT2D eigenvalue weighted by atomic mass is 35.5. The molecular formula is C24H17ClN4O4. The highest BCUT2D eigenvalue weighted by Gasteiger charge is 2.19. The maximum atomic E-state index is 13.4. The summed E-state index contributed by atoms with van der Waals surface area (Å²) < 4.78 is 6.27. The molecule has 0 spiro atoms. The van der Waals surface area contributed by atoms with Crippen LogP contribution >= 0.6 is 11.6 Å². The third-order valence-electron chi connectivity index (χ3n) is 5.40. The summed E-state index contributed by atoms with van der Waals surface area (Å²) in [5.41, 5.74) is 3.27. The summed E-state index contributed by atoms with van der Waals surface area (Å²) in [6.07, 6.45) is 3.59. The number of halogens is 1. The van der Waals surface area contributed by atoms with Crippen molar-refractivity contribution in [2.24, 2.45) is 0 Å². The van der Waals surface area contributed by atoms with Crippen LogP contribution in [-0.4, -0.2) is 38.6 Å². The van der Waals surface area contributed by atoms with Crippen molar-refractivity contribution in [3.05, 3.63) is 83.3 Å². The Morgan fingerprint density at radius 1 is 1.09 bits per heavy atom. The van der Waals surface area contributed by atoms with Gasteiger partial charge in [0.1, 0.15) is 11.4 Å². The van der Waals surface area contributed by atoms with Crippen molar-refractivity contribution in [1.29, 1.82) is 0 Å². The summed E-state index contributed by atoms with van der Waals surface area (Å²) in [7, 11) is 1.55. The van der Waals surface area contributed by atoms with E-state index in [0.29, 0.717) is 49.5 Å². The number of carbonyl (C=O) groups excluding carboxylic acids is 1. The molecule has 0 unspecified atom stereocenters. The third-order valence-corrected chi connectivity index (χ3v) is 5.70. The molecule has 0 amide bonds. The number of ether oxygens (including phenoxy) is 1. The van der Waals surface area contributed by atoms with Crippen molar-refractivity contribution >= 4 is 56.8 Å². The van der Waals surface area contributed by atoms with E-state index in [2.05, 4.69) is 15.3 Å². The first-order valence-electron chi connectivity index (χ1n) is 9.92. The Labute approximate surface area is 192 Å². The van der Waals surface area contributed by atoms with Crippen LogP contribution in [0.4, 0.5) is 16.2 Å². The molecule has 5 rings (SSSR count). The first-order valence-corrected chi connectivity index (χ1v) is 10.3. The number of methoxy groups -OCH3 is 1. The Hall–Kier alpha value is -4.30. The van der Waals surface area contributed by atoms with Crippen LogP contribution in [0.1, 0.15) is 15.9 Å². The highest BCUT2D eigenvalue weighted by molar-refractivity contribution is 6.32. The van der Waals surface area contributed by atoms with Crippen molar-refractivity contribution in [2.75, 3.05) is 12.4 Å². The summed E-state index contributed by atoms with van der Waals surface area (Å²) in [5, 5.41) is 14.3. The van der Waals surface area contributed by atoms with Crippen molar-refractivity contribution < 1.29 is 19.4 Å². The number of hydrogen-bond acceptors (Lipinski definition) is 5. The van der Waals surface area contributed by atoms with E-state index < -0.39 is 6.09 Å². The number of carbonyl (C=O) groups is 2. The fourth-order valence-electron chi connectivity index (χ4n) is 3.85. The van der Waals surface area contributed by atoms with Crippen molar-refractivity contribution in [3.63, 3.8) is 0 Å². The van der Waals surface area contributed by atoms with Crippen molar-refractivity contribution in [3.8, 4) is 5.75 Å². The molecule has 164 valence electrons. The number of aromatic amines is 1. The van der Waals surface area contributed by atoms with Crippen LogP contribution < -0.4 is 10.1 Å². The molecular weight excluding hydrogens is 444 g/mol. The molecule has 0 aliphatic rings. The summed E-state index contributed by atoms with van der Waals surface area (Å²) in [5.74, 6) is 0.335. The van der Waals surface area contributed by atoms with E-state index in [0.717, 1.165) is 10.3 Å². The van der Waals surface area contributed by atoms with Crippen LogP contribution in [0.2, 0.25) is 5.02 Å². The Kier molecular flexibility index (Phi) is 4.99. The molecule has 0 saturated carbocycles. The fraction of sp³-hybridized carbons (Fsp3) is 0.0417. The smallest absolute Gasteiger partial charge is 0.415 e. The van der Waals surface area contributed by atoms with Gasteiger partial charge in [-0.1, -0.05) is 23.7 Å². The monoisotopic (exact) mass is 460 g/mol. The number of carboxylic acid groups (broad SMARTS) is 1. The van der Waals surface area contributed by atoms with Gasteiger partial charge < -0.3 is 20.1 Å². The molecule has 0 aliphatic carbocycles. The van der Waals surface area contributed by atoms with Gasteiger partial charge in [0, 0.05) is 40.0 Å². The largest absolute Gasteiger partial charge is 0.495 e. The van der Waals surface area contributed by atoms with Gasteiger partial charge in [-0.2, -0.15) is 0 Å². The number of anilines is 2. The molecule has 0 aliphatic heterocycles. The van der Waals surface area contributed by atoms with Gasteiger partial charge in [0.15, 0.2) is 5.78 Å². The molecule has 0 atom stereocenters. The van der Waals surface area contributed by atoms with Gasteiger partial charge in [-0.15, -0.1) is 0 Å². The lowest BCUT2D eigenvalue weighted by molar-refractivity contribution is 0.104. The van der Waals surface area contributed by atoms with E-state index in [1.54, 1.807) is 55.9 Å². The van der Waals surface area contributed by atoms with Crippen LogP contribution in [0.15, 0.2) is 67.1 Å². The summed E-state index contributed by atoms with van der Waals surface area (Å²) in [4.78, 5) is 32.3. The van der Waals surface area contributed by atoms with Gasteiger partial charge in [-0.05, 0) is 36.4 Å². The Morgan fingerprint density at radius 2 is 1.94 bits per heavy atom. The average molecular weight is 461 g/mol. The van der Waals surface area contributed by atoms with Crippen molar-refractivity contribution in [1.82, 2.24) is 14.5 Å². The Balaban J connectivity index is 1.53. The van der Waals surface area contributed by atoms with Crippen molar-refractivity contribution in [2.45, 2.75) is 0 Å². The number of nitrogens with one attached hydrogen (secondary N) is 2. The molecule has 3 aromatic heterocycles. The number of ketones is 1. The minimum atomic E-state index is -1.11. The maximum Gasteiger partial charge on any atom is 0.415 e. The summed E-state index contributed by atoms with van der Waals surface area (Å²) >= 11 is 6.21. The van der Waals surface area contributed by atoms with Gasteiger partial charge >= 0.3 is 6.09 Å². The first-order chi connectivity index (χ1) is 16.0. The molecule has 3 heterocycles. The zero-order valence-corrected chi connectivity index (χ0v) is 18.1. The lowest BCUT2D eigenvalue weighted by Gasteiger charge is -2.09. The number of rotatable bonds is 5. The maximum absolute atomic E-state index is 13.4. The third kappa shape index (κ3) is 3.56. The molecule has 5 aromatic rings. The molecule has 2 aromatic carbocycles. The second-order valence-corrected chi connectivity index (χ2v) is 7.74. The van der Waals surface area contributed by atoms with E-state index in [1.807, 2.05) is 12.1 Å². The first kappa shape index (κ1) is 20.6. The molecule has 0 fully saturated rings. The number of fused-ring (bicyclic) bond motifs is 2. The normalized spacial score (nSPS) is 11.1. The summed E-state index contributed by atoms with van der Waals surface area (Å²) in [6, 6.07) is 13.8. The number of benzene rings is 2. The molecule has 0 saturated heterocycles. The van der Waals surface area contributed by atoms with Crippen LogP contribution in [0.5, 0.6) is 5.75 Å². The number of H-pyrrole nitrogens is 1. The molecule has 8 nitrogen and oxygen atoms in total. The summed E-state index contributed by atoms with van der Waals surface area (Å²) in [6.45, 7) is 0. The lowest BCUT2D eigenvalue weighted by atomic mass is 10.00. The minimum absolute atomic E-state index is 0.235. The second-order valence-electron chi connectivity index (χ2n) is 7.33. The van der Waals surface area contributed by atoms with E-state index in [4.69, 9.17) is 16.3 Å². The van der Waals surface area contributed by atoms with Crippen LogP contribution in [0, 0.1) is 0 Å². The number of nitrogens with zero attached hydrogens (tertiary/aromatic N) is 2. The quantitative estimate of drug-likeness (QED) is 0.291. The van der Waals surface area contributed by atoms with Gasteiger partial charge in [-0.3, -0.25) is 9.36 Å². The lowest BCUT2D eigenvalue weighted by Crippen LogP contribution is -2.06. The van der Waals surface area contributed by atoms with Crippen LogP contribution in [0.25, 0.3) is 21.9 Å². The predicted molar refractivity (Wildman–Crippen MR) is 126 cm³/mol. The highest BCUT2D eigenvalue weighted by Crippen LogP contribution is 2.31.